The van der Waals surface area contributed by atoms with E-state index in [-0.39, 0.29) is 0 Å². The van der Waals surface area contributed by atoms with Crippen LogP contribution in [0.3, 0.4) is 0 Å². The molecule has 0 radical (unpaired) electrons. The minimum atomic E-state index is -0.518. The highest BCUT2D eigenvalue weighted by atomic mass is 16.7. The normalized spacial score (nSPS) is 19.0. The second kappa shape index (κ2) is 6.29. The predicted molar refractivity (Wildman–Crippen MR) is 84.2 cm³/mol. The smallest absolute Gasteiger partial charge is 0.492 e. The van der Waals surface area contributed by atoms with E-state index < -0.39 is 18.3 Å². The van der Waals surface area contributed by atoms with Gasteiger partial charge in [0.2, 0.25) is 0 Å². The van der Waals surface area contributed by atoms with Crippen LogP contribution in [0.1, 0.15) is 33.3 Å². The maximum absolute atomic E-state index is 9.06. The molecule has 1 aliphatic heterocycles. The quantitative estimate of drug-likeness (QED) is 0.614. The van der Waals surface area contributed by atoms with Crippen molar-refractivity contribution in [2.75, 3.05) is 20.3 Å². The van der Waals surface area contributed by atoms with Crippen molar-refractivity contribution in [3.8, 4) is 11.8 Å². The van der Waals surface area contributed by atoms with Gasteiger partial charge in [-0.3, -0.25) is 0 Å². The van der Waals surface area contributed by atoms with Crippen LogP contribution in [0, 0.1) is 11.3 Å². The fourth-order valence-corrected chi connectivity index (χ4v) is 2.13. The molecule has 0 N–H and O–H groups in total. The summed E-state index contributed by atoms with van der Waals surface area (Å²) in [5.41, 5.74) is 0.478. The molecule has 1 aliphatic rings. The van der Waals surface area contributed by atoms with Crippen molar-refractivity contribution in [1.82, 2.24) is 0 Å². The second-order valence-corrected chi connectivity index (χ2v) is 6.29. The number of rotatable bonds is 5. The highest BCUT2D eigenvalue weighted by molar-refractivity contribution is 6.63. The average molecular weight is 303 g/mol. The number of ether oxygens (including phenoxy) is 2. The lowest BCUT2D eigenvalue weighted by Crippen LogP contribution is -2.41. The van der Waals surface area contributed by atoms with Gasteiger partial charge in [0.05, 0.1) is 29.4 Å². The van der Waals surface area contributed by atoms with E-state index in [2.05, 4.69) is 6.07 Å². The molecule has 6 heteroatoms. The largest absolute Gasteiger partial charge is 0.498 e. The van der Waals surface area contributed by atoms with Crippen molar-refractivity contribution in [1.29, 1.82) is 5.26 Å². The van der Waals surface area contributed by atoms with E-state index in [1.54, 1.807) is 19.2 Å². The molecule has 0 aromatic heterocycles. The molecule has 0 aliphatic carbocycles. The standard InChI is InChI=1S/C16H22BNO4/c1-15(2)16(3,4)22-17(21-15)13-7-6-12(11-18)10-14(13)20-9-8-19-5/h6-7,10H,8-9H2,1-5H3. The van der Waals surface area contributed by atoms with Gasteiger partial charge in [0.25, 0.3) is 0 Å². The van der Waals surface area contributed by atoms with Crippen LogP contribution in [0.25, 0.3) is 0 Å². The molecule has 118 valence electrons. The van der Waals surface area contributed by atoms with Gasteiger partial charge in [-0.2, -0.15) is 5.26 Å². The lowest BCUT2D eigenvalue weighted by Gasteiger charge is -2.32. The molecule has 0 bridgehead atoms. The number of nitrogens with zero attached hydrogens (tertiary/aromatic N) is 1. The maximum Gasteiger partial charge on any atom is 0.498 e. The summed E-state index contributed by atoms with van der Waals surface area (Å²) < 4.78 is 22.8. The van der Waals surface area contributed by atoms with E-state index in [9.17, 15) is 0 Å². The van der Waals surface area contributed by atoms with E-state index in [1.807, 2.05) is 33.8 Å². The molecule has 5 nitrogen and oxygen atoms in total. The Morgan fingerprint density at radius 1 is 1.14 bits per heavy atom. The van der Waals surface area contributed by atoms with Crippen LogP contribution < -0.4 is 10.2 Å². The van der Waals surface area contributed by atoms with Crippen LogP contribution in [-0.2, 0) is 14.0 Å². The van der Waals surface area contributed by atoms with Crippen molar-refractivity contribution in [2.45, 2.75) is 38.9 Å². The zero-order valence-corrected chi connectivity index (χ0v) is 13.8. The van der Waals surface area contributed by atoms with Crippen LogP contribution in [0.2, 0.25) is 0 Å². The molecule has 0 spiro atoms. The molecule has 1 heterocycles. The van der Waals surface area contributed by atoms with Crippen LogP contribution in [0.5, 0.6) is 5.75 Å². The first kappa shape index (κ1) is 16.8. The molecule has 0 saturated carbocycles. The number of methoxy groups -OCH3 is 1. The first-order valence-electron chi connectivity index (χ1n) is 7.32. The Hall–Kier alpha value is -1.55. The third-order valence-electron chi connectivity index (χ3n) is 4.19. The molecule has 22 heavy (non-hydrogen) atoms. The second-order valence-electron chi connectivity index (χ2n) is 6.29. The third kappa shape index (κ3) is 3.27. The Kier molecular flexibility index (Phi) is 4.81. The highest BCUT2D eigenvalue weighted by Crippen LogP contribution is 2.37. The Labute approximate surface area is 132 Å². The molecular weight excluding hydrogens is 281 g/mol. The van der Waals surface area contributed by atoms with Gasteiger partial charge in [-0.05, 0) is 39.8 Å². The Bertz CT molecular complexity index is 564. The van der Waals surface area contributed by atoms with Gasteiger partial charge < -0.3 is 18.8 Å². The summed E-state index contributed by atoms with van der Waals surface area (Å²) in [6, 6.07) is 7.38. The zero-order valence-electron chi connectivity index (χ0n) is 13.8. The van der Waals surface area contributed by atoms with E-state index in [4.69, 9.17) is 24.0 Å². The summed E-state index contributed by atoms with van der Waals surface area (Å²) >= 11 is 0. The topological polar surface area (TPSA) is 60.7 Å². The molecule has 1 aromatic rings. The van der Waals surface area contributed by atoms with E-state index in [0.717, 1.165) is 5.46 Å². The lowest BCUT2D eigenvalue weighted by molar-refractivity contribution is 0.00578. The molecule has 1 aromatic carbocycles. The molecule has 0 unspecified atom stereocenters. The fraction of sp³-hybridized carbons (Fsp3) is 0.562. The summed E-state index contributed by atoms with van der Waals surface area (Å²) in [7, 11) is 1.10. The van der Waals surface area contributed by atoms with Gasteiger partial charge in [-0.15, -0.1) is 0 Å². The van der Waals surface area contributed by atoms with Gasteiger partial charge in [-0.25, -0.2) is 0 Å². The van der Waals surface area contributed by atoms with Gasteiger partial charge >= 0.3 is 7.12 Å². The molecule has 2 rings (SSSR count). The lowest BCUT2D eigenvalue weighted by atomic mass is 9.78. The molecule has 1 fully saturated rings. The monoisotopic (exact) mass is 303 g/mol. The van der Waals surface area contributed by atoms with Crippen molar-refractivity contribution in [2.24, 2.45) is 0 Å². The third-order valence-corrected chi connectivity index (χ3v) is 4.19. The summed E-state index contributed by atoms with van der Waals surface area (Å²) in [6.07, 6.45) is 0. The number of benzene rings is 1. The molecular formula is C16H22BNO4. The molecule has 0 amide bonds. The maximum atomic E-state index is 9.06. The minimum absolute atomic E-state index is 0.401. The highest BCUT2D eigenvalue weighted by Gasteiger charge is 2.52. The summed E-state index contributed by atoms with van der Waals surface area (Å²) in [5.74, 6) is 0.592. The van der Waals surface area contributed by atoms with Gasteiger partial charge in [0.15, 0.2) is 0 Å². The SMILES string of the molecule is COCCOc1cc(C#N)ccc1B1OC(C)(C)C(C)(C)O1. The number of hydrogen-bond donors (Lipinski definition) is 0. The predicted octanol–water partition coefficient (Wildman–Crippen LogP) is 1.88. The van der Waals surface area contributed by atoms with Crippen molar-refractivity contribution < 1.29 is 18.8 Å². The Morgan fingerprint density at radius 2 is 1.77 bits per heavy atom. The van der Waals surface area contributed by atoms with E-state index in [0.29, 0.717) is 24.5 Å². The van der Waals surface area contributed by atoms with Crippen molar-refractivity contribution >= 4 is 12.6 Å². The van der Waals surface area contributed by atoms with Gasteiger partial charge in [0.1, 0.15) is 12.4 Å². The van der Waals surface area contributed by atoms with Crippen LogP contribution >= 0.6 is 0 Å². The van der Waals surface area contributed by atoms with E-state index >= 15 is 0 Å². The number of hydrogen-bond acceptors (Lipinski definition) is 5. The van der Waals surface area contributed by atoms with Crippen LogP contribution in [-0.4, -0.2) is 38.6 Å². The van der Waals surface area contributed by atoms with Gasteiger partial charge in [-0.1, -0.05) is 6.07 Å². The fourth-order valence-electron chi connectivity index (χ4n) is 2.13. The Morgan fingerprint density at radius 3 is 2.32 bits per heavy atom. The van der Waals surface area contributed by atoms with Crippen molar-refractivity contribution in [3.05, 3.63) is 23.8 Å². The molecule has 0 atom stereocenters. The number of nitriles is 1. The first-order valence-corrected chi connectivity index (χ1v) is 7.32. The Balaban J connectivity index is 2.29. The van der Waals surface area contributed by atoms with E-state index in [1.165, 1.54) is 0 Å². The van der Waals surface area contributed by atoms with Crippen LogP contribution in [0.4, 0.5) is 0 Å². The zero-order chi connectivity index (χ0) is 16.4. The average Bonchev–Trinajstić information content (AvgIpc) is 2.67. The summed E-state index contributed by atoms with van der Waals surface area (Å²) in [5, 5.41) is 9.06. The first-order chi connectivity index (χ1) is 10.3. The minimum Gasteiger partial charge on any atom is -0.492 e. The van der Waals surface area contributed by atoms with Gasteiger partial charge in [0, 0.05) is 12.6 Å². The summed E-state index contributed by atoms with van der Waals surface area (Å²) in [4.78, 5) is 0. The molecule has 1 saturated heterocycles. The van der Waals surface area contributed by atoms with Crippen LogP contribution in [0.15, 0.2) is 18.2 Å². The summed E-state index contributed by atoms with van der Waals surface area (Å²) in [6.45, 7) is 8.88. The van der Waals surface area contributed by atoms with Crippen molar-refractivity contribution in [3.63, 3.8) is 0 Å².